The van der Waals surface area contributed by atoms with Crippen LogP contribution in [0.25, 0.3) is 6.08 Å². The molecule has 3 aromatic rings. The molecule has 3 aromatic carbocycles. The Hall–Kier alpha value is -4.01. The van der Waals surface area contributed by atoms with Gasteiger partial charge >= 0.3 is 6.03 Å². The Balaban J connectivity index is 1.53. The Labute approximate surface area is 242 Å². The zero-order chi connectivity index (χ0) is 28.8. The number of ether oxygens (including phenoxy) is 3. The molecule has 4 amide bonds. The van der Waals surface area contributed by atoms with Gasteiger partial charge in [-0.2, -0.15) is 0 Å². The fourth-order valence-electron chi connectivity index (χ4n) is 3.97. The number of amides is 4. The molecule has 0 aromatic heterocycles. The fraction of sp³-hybridized carbons (Fsp3) is 0.233. The molecular formula is C30H28Cl2N2O6. The highest BCUT2D eigenvalue weighted by atomic mass is 35.5. The minimum Gasteiger partial charge on any atom is -0.493 e. The minimum atomic E-state index is -0.826. The van der Waals surface area contributed by atoms with Crippen molar-refractivity contribution in [3.05, 3.63) is 92.5 Å². The van der Waals surface area contributed by atoms with E-state index in [2.05, 4.69) is 5.32 Å². The van der Waals surface area contributed by atoms with E-state index >= 15 is 0 Å². The average molecular weight is 583 g/mol. The molecule has 1 saturated heterocycles. The summed E-state index contributed by atoms with van der Waals surface area (Å²) in [6.45, 7) is 4.68. The van der Waals surface area contributed by atoms with Crippen LogP contribution in [0.4, 0.5) is 4.79 Å². The minimum absolute atomic E-state index is 0.0903. The maximum atomic E-state index is 13.3. The first-order valence-electron chi connectivity index (χ1n) is 12.6. The van der Waals surface area contributed by atoms with E-state index in [0.717, 1.165) is 22.4 Å². The molecule has 0 radical (unpaired) electrons. The van der Waals surface area contributed by atoms with E-state index in [4.69, 9.17) is 37.4 Å². The van der Waals surface area contributed by atoms with Crippen LogP contribution in [0.1, 0.15) is 35.6 Å². The van der Waals surface area contributed by atoms with Gasteiger partial charge in [-0.3, -0.25) is 19.8 Å². The second-order valence-corrected chi connectivity index (χ2v) is 9.94. The van der Waals surface area contributed by atoms with Crippen LogP contribution in [0, 0.1) is 6.92 Å². The van der Waals surface area contributed by atoms with Gasteiger partial charge in [-0.05, 0) is 60.4 Å². The van der Waals surface area contributed by atoms with Gasteiger partial charge in [0, 0.05) is 0 Å². The molecule has 1 fully saturated rings. The van der Waals surface area contributed by atoms with Crippen molar-refractivity contribution in [3.8, 4) is 17.2 Å². The molecule has 0 bridgehead atoms. The lowest BCUT2D eigenvalue weighted by atomic mass is 10.1. The summed E-state index contributed by atoms with van der Waals surface area (Å²) in [6, 6.07) is 15.2. The zero-order valence-electron chi connectivity index (χ0n) is 22.3. The number of nitrogens with one attached hydrogen (secondary N) is 1. The van der Waals surface area contributed by atoms with E-state index in [-0.39, 0.29) is 34.5 Å². The number of hydrogen-bond donors (Lipinski definition) is 1. The number of barbiturate groups is 1. The summed E-state index contributed by atoms with van der Waals surface area (Å²) in [6.07, 6.45) is 2.16. The average Bonchev–Trinajstić information content (AvgIpc) is 2.93. The first-order chi connectivity index (χ1) is 19.2. The maximum Gasteiger partial charge on any atom is 0.331 e. The molecule has 208 valence electrons. The van der Waals surface area contributed by atoms with Gasteiger partial charge in [-0.1, -0.05) is 66.0 Å². The summed E-state index contributed by atoms with van der Waals surface area (Å²) in [5.74, 6) is -0.275. The molecule has 10 heteroatoms. The lowest BCUT2D eigenvalue weighted by Gasteiger charge is -2.26. The standard InChI is InChI=1S/C30H28Cl2N2O6/c1-4-11-39-25-10-9-20(15-26(25)38-3)16-34-29(36)22(28(35)33-30(34)37)12-21-13-23(31)27(24(32)14-21)40-17-19-7-5-18(2)6-8-19/h5-10,12-15H,4,11,16-17H2,1-3H3,(H,33,35,37)/b22-12+. The van der Waals surface area contributed by atoms with Gasteiger partial charge < -0.3 is 14.2 Å². The van der Waals surface area contributed by atoms with E-state index in [1.54, 1.807) is 18.2 Å². The lowest BCUT2D eigenvalue weighted by Crippen LogP contribution is -2.53. The number of benzene rings is 3. The number of rotatable bonds is 10. The maximum absolute atomic E-state index is 13.3. The third-order valence-electron chi connectivity index (χ3n) is 6.05. The van der Waals surface area contributed by atoms with Crippen LogP contribution in [0.5, 0.6) is 17.2 Å². The van der Waals surface area contributed by atoms with Gasteiger partial charge in [0.1, 0.15) is 12.2 Å². The van der Waals surface area contributed by atoms with Crippen molar-refractivity contribution in [1.82, 2.24) is 10.2 Å². The highest BCUT2D eigenvalue weighted by Crippen LogP contribution is 2.36. The molecule has 8 nitrogen and oxygen atoms in total. The Bertz CT molecular complexity index is 1450. The summed E-state index contributed by atoms with van der Waals surface area (Å²) in [4.78, 5) is 39.4. The van der Waals surface area contributed by atoms with Gasteiger partial charge in [-0.25, -0.2) is 4.79 Å². The van der Waals surface area contributed by atoms with Crippen molar-refractivity contribution in [1.29, 1.82) is 0 Å². The monoisotopic (exact) mass is 582 g/mol. The number of carbonyl (C=O) groups excluding carboxylic acids is 3. The van der Waals surface area contributed by atoms with Crippen LogP contribution in [-0.4, -0.2) is 36.5 Å². The second-order valence-electron chi connectivity index (χ2n) is 9.13. The first-order valence-corrected chi connectivity index (χ1v) is 13.3. The van der Waals surface area contributed by atoms with Crippen molar-refractivity contribution >= 4 is 47.1 Å². The number of halogens is 2. The smallest absolute Gasteiger partial charge is 0.331 e. The lowest BCUT2D eigenvalue weighted by molar-refractivity contribution is -0.130. The predicted octanol–water partition coefficient (Wildman–Crippen LogP) is 6.34. The molecule has 0 unspecified atom stereocenters. The number of nitrogens with zero attached hydrogens (tertiary/aromatic N) is 1. The Morgan fingerprint density at radius 1 is 0.900 bits per heavy atom. The van der Waals surface area contributed by atoms with Crippen LogP contribution in [0.2, 0.25) is 10.0 Å². The number of hydrogen-bond acceptors (Lipinski definition) is 6. The van der Waals surface area contributed by atoms with Crippen LogP contribution in [-0.2, 0) is 22.7 Å². The van der Waals surface area contributed by atoms with Crippen LogP contribution in [0.15, 0.2) is 60.2 Å². The number of aryl methyl sites for hydroxylation is 1. The topological polar surface area (TPSA) is 94.2 Å². The molecule has 40 heavy (non-hydrogen) atoms. The van der Waals surface area contributed by atoms with Crippen LogP contribution >= 0.6 is 23.2 Å². The van der Waals surface area contributed by atoms with E-state index in [1.165, 1.54) is 25.3 Å². The number of carbonyl (C=O) groups is 3. The van der Waals surface area contributed by atoms with E-state index in [1.807, 2.05) is 38.1 Å². The van der Waals surface area contributed by atoms with Crippen molar-refractivity contribution in [2.45, 2.75) is 33.4 Å². The highest BCUT2D eigenvalue weighted by molar-refractivity contribution is 6.37. The molecule has 1 N–H and O–H groups in total. The number of imide groups is 2. The Morgan fingerprint density at radius 2 is 1.57 bits per heavy atom. The number of urea groups is 1. The van der Waals surface area contributed by atoms with E-state index in [9.17, 15) is 14.4 Å². The molecule has 1 aliphatic rings. The first kappa shape index (κ1) is 29.0. The SMILES string of the molecule is CCCOc1ccc(CN2C(=O)NC(=O)/C(=C\c3cc(Cl)c(OCc4ccc(C)cc4)c(Cl)c3)C2=O)cc1OC. The fourth-order valence-corrected chi connectivity index (χ4v) is 4.58. The van der Waals surface area contributed by atoms with Crippen LogP contribution < -0.4 is 19.5 Å². The van der Waals surface area contributed by atoms with Gasteiger partial charge in [0.05, 0.1) is 30.3 Å². The van der Waals surface area contributed by atoms with Gasteiger partial charge in [0.25, 0.3) is 11.8 Å². The Kier molecular flexibility index (Phi) is 9.34. The third kappa shape index (κ3) is 6.76. The quantitative estimate of drug-likeness (QED) is 0.221. The Morgan fingerprint density at radius 3 is 2.23 bits per heavy atom. The summed E-state index contributed by atoms with van der Waals surface area (Å²) < 4.78 is 16.9. The van der Waals surface area contributed by atoms with Crippen molar-refractivity contribution in [2.75, 3.05) is 13.7 Å². The molecule has 1 heterocycles. The van der Waals surface area contributed by atoms with Gasteiger partial charge in [0.15, 0.2) is 17.2 Å². The molecule has 0 aliphatic carbocycles. The predicted molar refractivity (Wildman–Crippen MR) is 153 cm³/mol. The third-order valence-corrected chi connectivity index (χ3v) is 6.61. The molecule has 0 saturated carbocycles. The number of methoxy groups -OCH3 is 1. The van der Waals surface area contributed by atoms with Gasteiger partial charge in [-0.15, -0.1) is 0 Å². The van der Waals surface area contributed by atoms with Gasteiger partial charge in [0.2, 0.25) is 0 Å². The van der Waals surface area contributed by atoms with E-state index < -0.39 is 17.8 Å². The second kappa shape index (κ2) is 12.9. The summed E-state index contributed by atoms with van der Waals surface area (Å²) in [5.41, 5.74) is 2.84. The summed E-state index contributed by atoms with van der Waals surface area (Å²) in [5, 5.41) is 2.63. The highest BCUT2D eigenvalue weighted by Gasteiger charge is 2.36. The largest absolute Gasteiger partial charge is 0.493 e. The van der Waals surface area contributed by atoms with Crippen LogP contribution in [0.3, 0.4) is 0 Å². The molecule has 0 atom stereocenters. The van der Waals surface area contributed by atoms with Crippen molar-refractivity contribution in [3.63, 3.8) is 0 Å². The normalized spacial score (nSPS) is 14.4. The van der Waals surface area contributed by atoms with E-state index in [0.29, 0.717) is 29.2 Å². The summed E-state index contributed by atoms with van der Waals surface area (Å²) >= 11 is 12.9. The van der Waals surface area contributed by atoms with Crippen molar-refractivity contribution in [2.24, 2.45) is 0 Å². The molecular weight excluding hydrogens is 555 g/mol. The molecule has 4 rings (SSSR count). The molecule has 1 aliphatic heterocycles. The zero-order valence-corrected chi connectivity index (χ0v) is 23.8. The molecule has 0 spiro atoms. The summed E-state index contributed by atoms with van der Waals surface area (Å²) in [7, 11) is 1.51. The van der Waals surface area contributed by atoms with Crippen molar-refractivity contribution < 1.29 is 28.6 Å².